The molecule has 1 unspecified atom stereocenters. The SMILES string of the molecule is COC(=O)c1cccc(NC(=O)C(C)N(c2cccc(Cl)c2)S(C)(=O)=O)c1C. The van der Waals surface area contributed by atoms with Gasteiger partial charge in [0.1, 0.15) is 6.04 Å². The predicted octanol–water partition coefficient (Wildman–Crippen LogP) is 3.23. The predicted molar refractivity (Wildman–Crippen MR) is 109 cm³/mol. The van der Waals surface area contributed by atoms with Gasteiger partial charge in [0.15, 0.2) is 0 Å². The Balaban J connectivity index is 2.36. The summed E-state index contributed by atoms with van der Waals surface area (Å²) in [5.41, 5.74) is 1.49. The zero-order valence-corrected chi connectivity index (χ0v) is 17.5. The normalized spacial score (nSPS) is 12.2. The summed E-state index contributed by atoms with van der Waals surface area (Å²) in [6, 6.07) is 9.98. The van der Waals surface area contributed by atoms with E-state index in [1.54, 1.807) is 43.3 Å². The van der Waals surface area contributed by atoms with E-state index in [1.165, 1.54) is 20.1 Å². The molecule has 0 saturated carbocycles. The van der Waals surface area contributed by atoms with Crippen LogP contribution in [0.15, 0.2) is 42.5 Å². The molecule has 2 rings (SSSR count). The quantitative estimate of drug-likeness (QED) is 0.718. The molecule has 1 N–H and O–H groups in total. The van der Waals surface area contributed by atoms with Crippen molar-refractivity contribution in [3.05, 3.63) is 58.6 Å². The van der Waals surface area contributed by atoms with Gasteiger partial charge in [-0.2, -0.15) is 0 Å². The van der Waals surface area contributed by atoms with E-state index in [1.807, 2.05) is 0 Å². The number of sulfonamides is 1. The maximum Gasteiger partial charge on any atom is 0.338 e. The summed E-state index contributed by atoms with van der Waals surface area (Å²) >= 11 is 5.97. The lowest BCUT2D eigenvalue weighted by atomic mass is 10.1. The number of esters is 1. The topological polar surface area (TPSA) is 92.8 Å². The Kier molecular flexibility index (Phi) is 6.69. The Morgan fingerprint density at radius 1 is 1.18 bits per heavy atom. The van der Waals surface area contributed by atoms with Crippen LogP contribution in [-0.2, 0) is 19.6 Å². The lowest BCUT2D eigenvalue weighted by Gasteiger charge is -2.28. The number of hydrogen-bond acceptors (Lipinski definition) is 5. The zero-order chi connectivity index (χ0) is 21.1. The molecule has 28 heavy (non-hydrogen) atoms. The molecule has 1 atom stereocenters. The van der Waals surface area contributed by atoms with Gasteiger partial charge in [0.25, 0.3) is 0 Å². The van der Waals surface area contributed by atoms with E-state index in [0.717, 1.165) is 10.6 Å². The molecule has 150 valence electrons. The first-order valence-corrected chi connectivity index (χ1v) is 10.5. The van der Waals surface area contributed by atoms with Crippen molar-refractivity contribution in [1.82, 2.24) is 0 Å². The van der Waals surface area contributed by atoms with Crippen LogP contribution in [0, 0.1) is 6.92 Å². The monoisotopic (exact) mass is 424 g/mol. The largest absolute Gasteiger partial charge is 0.465 e. The van der Waals surface area contributed by atoms with Crippen LogP contribution in [0.3, 0.4) is 0 Å². The average molecular weight is 425 g/mol. The second-order valence-corrected chi connectivity index (χ2v) is 8.47. The Morgan fingerprint density at radius 3 is 2.39 bits per heavy atom. The summed E-state index contributed by atoms with van der Waals surface area (Å²) in [6.07, 6.45) is 1.01. The number of benzene rings is 2. The fourth-order valence-electron chi connectivity index (χ4n) is 2.76. The van der Waals surface area contributed by atoms with Gasteiger partial charge in [-0.25, -0.2) is 13.2 Å². The molecule has 1 amide bonds. The number of halogens is 1. The molecule has 2 aromatic carbocycles. The van der Waals surface area contributed by atoms with Gasteiger partial charge in [-0.1, -0.05) is 23.7 Å². The first kappa shape index (κ1) is 21.7. The number of ether oxygens (including phenoxy) is 1. The summed E-state index contributed by atoms with van der Waals surface area (Å²) < 4.78 is 30.4. The molecular formula is C19H21ClN2O5S. The van der Waals surface area contributed by atoms with E-state index in [4.69, 9.17) is 16.3 Å². The van der Waals surface area contributed by atoms with E-state index < -0.39 is 27.9 Å². The lowest BCUT2D eigenvalue weighted by Crippen LogP contribution is -2.45. The highest BCUT2D eigenvalue weighted by Crippen LogP contribution is 2.25. The standard InChI is InChI=1S/C19H21ClN2O5S/c1-12-16(19(24)27-3)9-6-10-17(12)21-18(23)13(2)22(28(4,25)26)15-8-5-7-14(20)11-15/h5-11,13H,1-4H3,(H,21,23). The van der Waals surface area contributed by atoms with Gasteiger partial charge in [-0.15, -0.1) is 0 Å². The Hall–Kier alpha value is -2.58. The Bertz CT molecular complexity index is 1010. The van der Waals surface area contributed by atoms with E-state index >= 15 is 0 Å². The third-order valence-corrected chi connectivity index (χ3v) is 5.62. The molecule has 9 heteroatoms. The molecule has 0 heterocycles. The van der Waals surface area contributed by atoms with Crippen LogP contribution in [0.5, 0.6) is 0 Å². The van der Waals surface area contributed by atoms with Gasteiger partial charge >= 0.3 is 5.97 Å². The van der Waals surface area contributed by atoms with Gasteiger partial charge in [-0.05, 0) is 49.7 Å². The maximum atomic E-state index is 12.8. The number of rotatable bonds is 6. The third-order valence-electron chi connectivity index (χ3n) is 4.15. The molecule has 0 aliphatic rings. The number of nitrogens with zero attached hydrogens (tertiary/aromatic N) is 1. The van der Waals surface area contributed by atoms with E-state index in [-0.39, 0.29) is 5.69 Å². The first-order valence-electron chi connectivity index (χ1n) is 8.30. The van der Waals surface area contributed by atoms with E-state index in [9.17, 15) is 18.0 Å². The Morgan fingerprint density at radius 2 is 1.82 bits per heavy atom. The number of hydrogen-bond donors (Lipinski definition) is 1. The highest BCUT2D eigenvalue weighted by molar-refractivity contribution is 7.92. The first-order chi connectivity index (χ1) is 13.1. The van der Waals surface area contributed by atoms with Crippen LogP contribution in [0.1, 0.15) is 22.8 Å². The lowest BCUT2D eigenvalue weighted by molar-refractivity contribution is -0.116. The van der Waals surface area contributed by atoms with E-state index in [0.29, 0.717) is 21.8 Å². The van der Waals surface area contributed by atoms with Crippen molar-refractivity contribution < 1.29 is 22.7 Å². The molecule has 0 spiro atoms. The molecule has 0 aliphatic heterocycles. The van der Waals surface area contributed by atoms with Crippen molar-refractivity contribution in [1.29, 1.82) is 0 Å². The maximum absolute atomic E-state index is 12.8. The highest BCUT2D eigenvalue weighted by atomic mass is 35.5. The summed E-state index contributed by atoms with van der Waals surface area (Å²) in [5.74, 6) is -1.09. The summed E-state index contributed by atoms with van der Waals surface area (Å²) in [4.78, 5) is 24.6. The van der Waals surface area contributed by atoms with Crippen molar-refractivity contribution in [3.8, 4) is 0 Å². The van der Waals surface area contributed by atoms with Crippen molar-refractivity contribution >= 4 is 44.9 Å². The average Bonchev–Trinajstić information content (AvgIpc) is 2.61. The minimum atomic E-state index is -3.77. The molecule has 0 aliphatic carbocycles. The van der Waals surface area contributed by atoms with Crippen LogP contribution in [0.2, 0.25) is 5.02 Å². The fourth-order valence-corrected chi connectivity index (χ4v) is 4.11. The second kappa shape index (κ2) is 8.62. The van der Waals surface area contributed by atoms with Crippen molar-refractivity contribution in [2.45, 2.75) is 19.9 Å². The number of anilines is 2. The minimum absolute atomic E-state index is 0.276. The van der Waals surface area contributed by atoms with Crippen LogP contribution >= 0.6 is 11.6 Å². The minimum Gasteiger partial charge on any atom is -0.465 e. The van der Waals surface area contributed by atoms with Crippen molar-refractivity contribution in [3.63, 3.8) is 0 Å². The molecule has 7 nitrogen and oxygen atoms in total. The molecule has 0 fully saturated rings. The second-order valence-electron chi connectivity index (χ2n) is 6.17. The number of carbonyl (C=O) groups excluding carboxylic acids is 2. The van der Waals surface area contributed by atoms with Crippen LogP contribution in [0.4, 0.5) is 11.4 Å². The van der Waals surface area contributed by atoms with Crippen LogP contribution in [0.25, 0.3) is 0 Å². The van der Waals surface area contributed by atoms with Gasteiger partial charge in [0.05, 0.1) is 24.6 Å². The molecule has 0 bridgehead atoms. The molecule has 0 saturated heterocycles. The molecular weight excluding hydrogens is 404 g/mol. The molecule has 2 aromatic rings. The van der Waals surface area contributed by atoms with Gasteiger partial charge in [-0.3, -0.25) is 9.10 Å². The Labute approximate surface area is 169 Å². The van der Waals surface area contributed by atoms with Crippen molar-refractivity contribution in [2.75, 3.05) is 23.0 Å². The number of carbonyl (C=O) groups is 2. The number of methoxy groups -OCH3 is 1. The smallest absolute Gasteiger partial charge is 0.338 e. The number of nitrogens with one attached hydrogen (secondary N) is 1. The highest BCUT2D eigenvalue weighted by Gasteiger charge is 2.29. The van der Waals surface area contributed by atoms with Gasteiger partial charge < -0.3 is 10.1 Å². The molecule has 0 aromatic heterocycles. The van der Waals surface area contributed by atoms with Gasteiger partial charge in [0.2, 0.25) is 15.9 Å². The fraction of sp³-hybridized carbons (Fsp3) is 0.263. The summed E-state index contributed by atoms with van der Waals surface area (Å²) in [7, 11) is -2.50. The van der Waals surface area contributed by atoms with Crippen LogP contribution in [-0.4, -0.2) is 39.7 Å². The third kappa shape index (κ3) is 4.82. The summed E-state index contributed by atoms with van der Waals surface area (Å²) in [5, 5.41) is 3.03. The van der Waals surface area contributed by atoms with Crippen molar-refractivity contribution in [2.24, 2.45) is 0 Å². The summed E-state index contributed by atoms with van der Waals surface area (Å²) in [6.45, 7) is 3.13. The number of amides is 1. The van der Waals surface area contributed by atoms with Crippen LogP contribution < -0.4 is 9.62 Å². The van der Waals surface area contributed by atoms with E-state index in [2.05, 4.69) is 5.32 Å². The van der Waals surface area contributed by atoms with Gasteiger partial charge in [0, 0.05) is 10.7 Å². The zero-order valence-electron chi connectivity index (χ0n) is 15.9. The molecule has 0 radical (unpaired) electrons.